The molecule has 0 aliphatic carbocycles. The molecule has 2 amide bonds. The van der Waals surface area contributed by atoms with E-state index in [1.165, 1.54) is 35.2 Å². The molecule has 1 aliphatic heterocycles. The molecule has 1 N–H and O–H groups in total. The maximum atomic E-state index is 14.2. The van der Waals surface area contributed by atoms with Gasteiger partial charge in [0.15, 0.2) is 11.5 Å². The summed E-state index contributed by atoms with van der Waals surface area (Å²) in [5, 5.41) is 3.33. The van der Waals surface area contributed by atoms with Crippen molar-refractivity contribution in [2.45, 2.75) is 57.1 Å². The summed E-state index contributed by atoms with van der Waals surface area (Å²) < 4.78 is 54.1. The van der Waals surface area contributed by atoms with Crippen molar-refractivity contribution in [1.29, 1.82) is 0 Å². The van der Waals surface area contributed by atoms with E-state index in [1.54, 1.807) is 31.2 Å². The molecule has 3 aromatic rings. The van der Waals surface area contributed by atoms with Crippen LogP contribution in [0.2, 0.25) is 5.02 Å². The van der Waals surface area contributed by atoms with E-state index in [0.29, 0.717) is 29.4 Å². The molecule has 0 fully saturated rings. The van der Waals surface area contributed by atoms with Crippen LogP contribution < -0.4 is 19.1 Å². The number of carbonyl (C=O) groups excluding carboxylic acids is 2. The van der Waals surface area contributed by atoms with Gasteiger partial charge in [-0.15, -0.1) is 0 Å². The van der Waals surface area contributed by atoms with Gasteiger partial charge < -0.3 is 19.7 Å². The lowest BCUT2D eigenvalue weighted by Gasteiger charge is -2.34. The molecule has 0 radical (unpaired) electrons. The number of ether oxygens (including phenoxy) is 2. The quantitative estimate of drug-likeness (QED) is 0.296. The first-order valence-corrected chi connectivity index (χ1v) is 15.9. The molecule has 9 nitrogen and oxygen atoms in total. The lowest BCUT2D eigenvalue weighted by molar-refractivity contribution is -0.140. The molecule has 0 bridgehead atoms. The number of nitrogens with one attached hydrogen (secondary N) is 1. The van der Waals surface area contributed by atoms with Crippen LogP contribution in [0.25, 0.3) is 0 Å². The number of nitrogens with zero attached hydrogens (tertiary/aromatic N) is 2. The van der Waals surface area contributed by atoms with Gasteiger partial charge in [0.25, 0.3) is 10.0 Å². The molecular formula is C31H35ClFN3O6S. The van der Waals surface area contributed by atoms with Gasteiger partial charge in [-0.2, -0.15) is 0 Å². The molecule has 43 heavy (non-hydrogen) atoms. The Morgan fingerprint density at radius 1 is 0.977 bits per heavy atom. The molecule has 0 saturated heterocycles. The smallest absolute Gasteiger partial charge is 0.264 e. The van der Waals surface area contributed by atoms with E-state index in [4.69, 9.17) is 21.1 Å². The van der Waals surface area contributed by atoms with Gasteiger partial charge >= 0.3 is 0 Å². The van der Waals surface area contributed by atoms with Gasteiger partial charge in [-0.1, -0.05) is 43.6 Å². The Kier molecular flexibility index (Phi) is 10.5. The second kappa shape index (κ2) is 14.1. The summed E-state index contributed by atoms with van der Waals surface area (Å²) in [4.78, 5) is 28.7. The standard InChI is InChI=1S/C31H35ClFN3O6S/c1-4-21(3)34-31(38)27(5-2)35(19-22-8-6-7-9-26(22)32)30(37)20-36(24-12-10-23(33)11-13-24)43(39,40)25-14-15-28-29(18-25)42-17-16-41-28/h6-15,18,21,27H,4-5,16-17,19-20H2,1-3H3,(H,34,38)/t21-,27+/m1/s1. The Hall–Kier alpha value is -3.83. The molecule has 2 atom stereocenters. The van der Waals surface area contributed by atoms with Crippen molar-refractivity contribution >= 4 is 39.1 Å². The molecule has 1 aliphatic rings. The highest BCUT2D eigenvalue weighted by atomic mass is 35.5. The van der Waals surface area contributed by atoms with E-state index in [1.807, 2.05) is 13.8 Å². The van der Waals surface area contributed by atoms with E-state index in [-0.39, 0.29) is 47.9 Å². The second-order valence-electron chi connectivity index (χ2n) is 10.1. The molecule has 0 spiro atoms. The summed E-state index contributed by atoms with van der Waals surface area (Å²) in [6.45, 7) is 5.46. The zero-order chi connectivity index (χ0) is 31.1. The lowest BCUT2D eigenvalue weighted by Crippen LogP contribution is -2.53. The number of benzene rings is 3. The van der Waals surface area contributed by atoms with Gasteiger partial charge in [0.05, 0.1) is 10.6 Å². The van der Waals surface area contributed by atoms with Crippen molar-refractivity contribution < 1.29 is 31.9 Å². The van der Waals surface area contributed by atoms with E-state index in [2.05, 4.69) is 5.32 Å². The molecular weight excluding hydrogens is 597 g/mol. The Balaban J connectivity index is 1.75. The van der Waals surface area contributed by atoms with Crippen LogP contribution in [-0.2, 0) is 26.2 Å². The van der Waals surface area contributed by atoms with Gasteiger partial charge in [-0.25, -0.2) is 12.8 Å². The fourth-order valence-corrected chi connectivity index (χ4v) is 6.24. The van der Waals surface area contributed by atoms with Gasteiger partial charge in [0.1, 0.15) is 31.6 Å². The molecule has 230 valence electrons. The first kappa shape index (κ1) is 32.1. The summed E-state index contributed by atoms with van der Waals surface area (Å²) in [5.41, 5.74) is 0.662. The van der Waals surface area contributed by atoms with Crippen molar-refractivity contribution in [2.24, 2.45) is 0 Å². The van der Waals surface area contributed by atoms with E-state index < -0.39 is 34.3 Å². The molecule has 1 heterocycles. The SMILES string of the molecule is CC[C@@H](C)NC(=O)[C@H](CC)N(Cc1ccccc1Cl)C(=O)CN(c1ccc(F)cc1)S(=O)(=O)c1ccc2c(c1)OCCO2. The van der Waals surface area contributed by atoms with Crippen LogP contribution in [0.5, 0.6) is 11.5 Å². The minimum atomic E-state index is -4.38. The third-order valence-electron chi connectivity index (χ3n) is 7.18. The number of sulfonamides is 1. The van der Waals surface area contributed by atoms with Crippen molar-refractivity contribution in [3.05, 3.63) is 83.1 Å². The monoisotopic (exact) mass is 631 g/mol. The highest BCUT2D eigenvalue weighted by molar-refractivity contribution is 7.92. The number of anilines is 1. The molecule has 3 aromatic carbocycles. The summed E-state index contributed by atoms with van der Waals surface area (Å²) >= 11 is 6.43. The average molecular weight is 632 g/mol. The first-order chi connectivity index (χ1) is 20.5. The van der Waals surface area contributed by atoms with Crippen molar-refractivity contribution in [3.8, 4) is 11.5 Å². The first-order valence-electron chi connectivity index (χ1n) is 14.1. The number of halogens is 2. The maximum Gasteiger partial charge on any atom is 0.264 e. The van der Waals surface area contributed by atoms with E-state index in [0.717, 1.165) is 16.4 Å². The number of rotatable bonds is 12. The topological polar surface area (TPSA) is 105 Å². The Morgan fingerprint density at radius 2 is 1.65 bits per heavy atom. The van der Waals surface area contributed by atoms with Crippen LogP contribution in [-0.4, -0.2) is 57.0 Å². The molecule has 4 rings (SSSR count). The number of amides is 2. The molecule has 0 saturated carbocycles. The zero-order valence-corrected chi connectivity index (χ0v) is 25.8. The number of fused-ring (bicyclic) bond motifs is 1. The van der Waals surface area contributed by atoms with Crippen molar-refractivity contribution in [2.75, 3.05) is 24.1 Å². The van der Waals surface area contributed by atoms with Gasteiger partial charge in [0, 0.05) is 23.7 Å². The minimum absolute atomic E-state index is 0.0354. The highest BCUT2D eigenvalue weighted by Crippen LogP contribution is 2.34. The van der Waals surface area contributed by atoms with Crippen molar-refractivity contribution in [1.82, 2.24) is 10.2 Å². The summed E-state index contributed by atoms with van der Waals surface area (Å²) in [5.74, 6) is -0.916. The predicted octanol–water partition coefficient (Wildman–Crippen LogP) is 5.17. The third kappa shape index (κ3) is 7.58. The molecule has 0 unspecified atom stereocenters. The molecule has 12 heteroatoms. The van der Waals surface area contributed by atoms with Crippen LogP contribution in [0.15, 0.2) is 71.6 Å². The predicted molar refractivity (Wildman–Crippen MR) is 162 cm³/mol. The number of hydrogen-bond acceptors (Lipinski definition) is 6. The second-order valence-corrected chi connectivity index (χ2v) is 12.4. The third-order valence-corrected chi connectivity index (χ3v) is 9.32. The minimum Gasteiger partial charge on any atom is -0.486 e. The van der Waals surface area contributed by atoms with Gasteiger partial charge in [-0.3, -0.25) is 13.9 Å². The highest BCUT2D eigenvalue weighted by Gasteiger charge is 2.34. The Labute approximate surface area is 256 Å². The normalized spacial score (nSPS) is 14.0. The molecule has 0 aromatic heterocycles. The largest absolute Gasteiger partial charge is 0.486 e. The lowest BCUT2D eigenvalue weighted by atomic mass is 10.1. The van der Waals surface area contributed by atoms with Crippen LogP contribution in [0.1, 0.15) is 39.2 Å². The summed E-state index contributed by atoms with van der Waals surface area (Å²) in [7, 11) is -4.38. The van der Waals surface area contributed by atoms with Crippen LogP contribution >= 0.6 is 11.6 Å². The van der Waals surface area contributed by atoms with Gasteiger partial charge in [0.2, 0.25) is 11.8 Å². The fraction of sp³-hybridized carbons (Fsp3) is 0.355. The fourth-order valence-electron chi connectivity index (χ4n) is 4.62. The average Bonchev–Trinajstić information content (AvgIpc) is 3.00. The van der Waals surface area contributed by atoms with Crippen molar-refractivity contribution in [3.63, 3.8) is 0 Å². The Bertz CT molecular complexity index is 1550. The summed E-state index contributed by atoms with van der Waals surface area (Å²) in [6.07, 6.45) is 0.955. The van der Waals surface area contributed by atoms with Gasteiger partial charge in [-0.05, 0) is 67.8 Å². The van der Waals surface area contributed by atoms with E-state index >= 15 is 0 Å². The zero-order valence-electron chi connectivity index (χ0n) is 24.3. The number of hydrogen-bond donors (Lipinski definition) is 1. The number of carbonyl (C=O) groups is 2. The van der Waals surface area contributed by atoms with Crippen LogP contribution in [0.4, 0.5) is 10.1 Å². The summed E-state index contributed by atoms with van der Waals surface area (Å²) in [6, 6.07) is 14.9. The maximum absolute atomic E-state index is 14.2. The van der Waals surface area contributed by atoms with Crippen LogP contribution in [0, 0.1) is 5.82 Å². The Morgan fingerprint density at radius 3 is 2.30 bits per heavy atom. The van der Waals surface area contributed by atoms with E-state index in [9.17, 15) is 22.4 Å². The van der Waals surface area contributed by atoms with Crippen LogP contribution in [0.3, 0.4) is 0 Å².